The van der Waals surface area contributed by atoms with Crippen molar-refractivity contribution < 1.29 is 4.79 Å². The van der Waals surface area contributed by atoms with Crippen LogP contribution in [0.15, 0.2) is 6.07 Å². The largest absolute Gasteiger partial charge is 0.349 e. The molecule has 1 fully saturated rings. The molecule has 3 nitrogen and oxygen atoms in total. The molecule has 0 radical (unpaired) electrons. The Labute approximate surface area is 116 Å². The SMILES string of the molecule is CCCN(CC(=O)c1cc(C)n(CC)c1C)C1CC1. The molecule has 0 aliphatic heterocycles. The van der Waals surface area contributed by atoms with Crippen molar-refractivity contribution >= 4 is 5.78 Å². The summed E-state index contributed by atoms with van der Waals surface area (Å²) >= 11 is 0. The summed E-state index contributed by atoms with van der Waals surface area (Å²) in [5.41, 5.74) is 3.23. The summed E-state index contributed by atoms with van der Waals surface area (Å²) in [5, 5.41) is 0. The smallest absolute Gasteiger partial charge is 0.178 e. The van der Waals surface area contributed by atoms with Gasteiger partial charge in [-0.15, -0.1) is 0 Å². The zero-order chi connectivity index (χ0) is 14.0. The van der Waals surface area contributed by atoms with E-state index < -0.39 is 0 Å². The molecule has 0 unspecified atom stereocenters. The van der Waals surface area contributed by atoms with E-state index in [1.165, 1.54) is 18.5 Å². The van der Waals surface area contributed by atoms with Gasteiger partial charge in [0.05, 0.1) is 6.54 Å². The van der Waals surface area contributed by atoms with Crippen molar-refractivity contribution in [2.75, 3.05) is 13.1 Å². The van der Waals surface area contributed by atoms with Gasteiger partial charge in [0.2, 0.25) is 0 Å². The lowest BCUT2D eigenvalue weighted by Gasteiger charge is -2.20. The number of aromatic nitrogens is 1. The van der Waals surface area contributed by atoms with Gasteiger partial charge in [0.1, 0.15) is 0 Å². The van der Waals surface area contributed by atoms with Crippen molar-refractivity contribution in [3.63, 3.8) is 0 Å². The van der Waals surface area contributed by atoms with Crippen LogP contribution < -0.4 is 0 Å². The Balaban J connectivity index is 2.10. The normalized spacial score (nSPS) is 15.2. The summed E-state index contributed by atoms with van der Waals surface area (Å²) in [6.45, 7) is 11.0. The third-order valence-corrected chi connectivity index (χ3v) is 4.11. The highest BCUT2D eigenvalue weighted by molar-refractivity contribution is 5.99. The Hall–Kier alpha value is -1.09. The summed E-state index contributed by atoms with van der Waals surface area (Å²) in [4.78, 5) is 14.9. The van der Waals surface area contributed by atoms with Crippen LogP contribution in [0.3, 0.4) is 0 Å². The molecule has 3 heteroatoms. The summed E-state index contributed by atoms with van der Waals surface area (Å²) in [6, 6.07) is 2.72. The zero-order valence-corrected chi connectivity index (χ0v) is 12.7. The molecule has 2 rings (SSSR count). The van der Waals surface area contributed by atoms with Gasteiger partial charge in [-0.1, -0.05) is 6.92 Å². The number of carbonyl (C=O) groups excluding carboxylic acids is 1. The lowest BCUT2D eigenvalue weighted by atomic mass is 10.1. The van der Waals surface area contributed by atoms with E-state index in [0.29, 0.717) is 12.6 Å². The fourth-order valence-electron chi connectivity index (χ4n) is 2.96. The van der Waals surface area contributed by atoms with Gasteiger partial charge in [-0.25, -0.2) is 0 Å². The second-order valence-corrected chi connectivity index (χ2v) is 5.65. The van der Waals surface area contributed by atoms with Crippen molar-refractivity contribution in [3.8, 4) is 0 Å². The molecule has 1 aromatic rings. The summed E-state index contributed by atoms with van der Waals surface area (Å²) in [7, 11) is 0. The zero-order valence-electron chi connectivity index (χ0n) is 12.7. The van der Waals surface area contributed by atoms with E-state index >= 15 is 0 Å². The first-order chi connectivity index (χ1) is 9.08. The van der Waals surface area contributed by atoms with Gasteiger partial charge in [-0.05, 0) is 52.6 Å². The van der Waals surface area contributed by atoms with E-state index in [1.807, 2.05) is 0 Å². The van der Waals surface area contributed by atoms with Crippen LogP contribution in [0.4, 0.5) is 0 Å². The third-order valence-electron chi connectivity index (χ3n) is 4.11. The summed E-state index contributed by atoms with van der Waals surface area (Å²) in [6.07, 6.45) is 3.65. The van der Waals surface area contributed by atoms with Crippen LogP contribution in [0, 0.1) is 13.8 Å². The maximum atomic E-state index is 12.5. The minimum absolute atomic E-state index is 0.285. The summed E-state index contributed by atoms with van der Waals surface area (Å²) < 4.78 is 2.22. The predicted molar refractivity (Wildman–Crippen MR) is 78.8 cm³/mol. The molecule has 1 aliphatic carbocycles. The molecule has 1 heterocycles. The van der Waals surface area contributed by atoms with Gasteiger partial charge in [-0.3, -0.25) is 9.69 Å². The van der Waals surface area contributed by atoms with E-state index in [-0.39, 0.29) is 5.78 Å². The highest BCUT2D eigenvalue weighted by atomic mass is 16.1. The van der Waals surface area contributed by atoms with Crippen molar-refractivity contribution in [3.05, 3.63) is 23.0 Å². The summed E-state index contributed by atoms with van der Waals surface area (Å²) in [5.74, 6) is 0.285. The third kappa shape index (κ3) is 3.08. The standard InChI is InChI=1S/C16H26N2O/c1-5-9-17(14-7-8-14)11-16(19)15-10-12(3)18(6-2)13(15)4/h10,14H,5-9,11H2,1-4H3. The Kier molecular flexibility index (Phi) is 4.46. The van der Waals surface area contributed by atoms with E-state index in [1.54, 1.807) is 0 Å². The minimum atomic E-state index is 0.285. The molecule has 1 aromatic heterocycles. The maximum absolute atomic E-state index is 12.5. The molecular weight excluding hydrogens is 236 g/mol. The molecule has 0 aromatic carbocycles. The molecule has 0 spiro atoms. The second-order valence-electron chi connectivity index (χ2n) is 5.65. The Morgan fingerprint density at radius 3 is 2.53 bits per heavy atom. The number of rotatable bonds is 7. The predicted octanol–water partition coefficient (Wildman–Crippen LogP) is 3.18. The van der Waals surface area contributed by atoms with E-state index in [0.717, 1.165) is 30.8 Å². The maximum Gasteiger partial charge on any atom is 0.178 e. The number of Topliss-reactive ketones (excluding diaryl/α,β-unsaturated/α-hetero) is 1. The Morgan fingerprint density at radius 1 is 1.37 bits per heavy atom. The Morgan fingerprint density at radius 2 is 2.05 bits per heavy atom. The number of nitrogens with zero attached hydrogens (tertiary/aromatic N) is 2. The molecule has 0 atom stereocenters. The van der Waals surface area contributed by atoms with Gasteiger partial charge in [0, 0.05) is 29.5 Å². The van der Waals surface area contributed by atoms with Crippen LogP contribution in [-0.4, -0.2) is 34.4 Å². The first-order valence-corrected chi connectivity index (χ1v) is 7.52. The molecule has 19 heavy (non-hydrogen) atoms. The van der Waals surface area contributed by atoms with Gasteiger partial charge in [-0.2, -0.15) is 0 Å². The number of ketones is 1. The average Bonchev–Trinajstić information content (AvgIpc) is 3.16. The molecular formula is C16H26N2O. The van der Waals surface area contributed by atoms with Gasteiger partial charge < -0.3 is 4.57 Å². The lowest BCUT2D eigenvalue weighted by molar-refractivity contribution is 0.0924. The van der Waals surface area contributed by atoms with E-state index in [2.05, 4.69) is 43.2 Å². The van der Waals surface area contributed by atoms with Crippen LogP contribution in [0.1, 0.15) is 54.9 Å². The van der Waals surface area contributed by atoms with Gasteiger partial charge >= 0.3 is 0 Å². The highest BCUT2D eigenvalue weighted by Crippen LogP contribution is 2.27. The first-order valence-electron chi connectivity index (χ1n) is 7.52. The van der Waals surface area contributed by atoms with Crippen LogP contribution in [0.2, 0.25) is 0 Å². The van der Waals surface area contributed by atoms with Crippen molar-refractivity contribution in [1.82, 2.24) is 9.47 Å². The second kappa shape index (κ2) is 5.91. The first kappa shape index (κ1) is 14.3. The monoisotopic (exact) mass is 262 g/mol. The minimum Gasteiger partial charge on any atom is -0.349 e. The number of hydrogen-bond donors (Lipinski definition) is 0. The number of carbonyl (C=O) groups is 1. The highest BCUT2D eigenvalue weighted by Gasteiger charge is 2.30. The van der Waals surface area contributed by atoms with Crippen molar-refractivity contribution in [1.29, 1.82) is 0 Å². The lowest BCUT2D eigenvalue weighted by Crippen LogP contribution is -2.32. The molecule has 0 bridgehead atoms. The fraction of sp³-hybridized carbons (Fsp3) is 0.688. The molecule has 0 saturated heterocycles. The topological polar surface area (TPSA) is 25.2 Å². The van der Waals surface area contributed by atoms with Crippen molar-refractivity contribution in [2.45, 2.75) is 59.5 Å². The van der Waals surface area contributed by atoms with Crippen LogP contribution in [0.5, 0.6) is 0 Å². The van der Waals surface area contributed by atoms with Crippen LogP contribution in [-0.2, 0) is 6.54 Å². The number of hydrogen-bond acceptors (Lipinski definition) is 2. The van der Waals surface area contributed by atoms with Crippen LogP contribution >= 0.6 is 0 Å². The molecule has 106 valence electrons. The van der Waals surface area contributed by atoms with E-state index in [9.17, 15) is 4.79 Å². The quantitative estimate of drug-likeness (QED) is 0.705. The molecule has 0 N–H and O–H groups in total. The van der Waals surface area contributed by atoms with Crippen LogP contribution in [0.25, 0.3) is 0 Å². The van der Waals surface area contributed by atoms with E-state index in [4.69, 9.17) is 0 Å². The number of aryl methyl sites for hydroxylation is 1. The average molecular weight is 262 g/mol. The molecule has 1 saturated carbocycles. The van der Waals surface area contributed by atoms with Crippen molar-refractivity contribution in [2.24, 2.45) is 0 Å². The van der Waals surface area contributed by atoms with Gasteiger partial charge in [0.15, 0.2) is 5.78 Å². The molecule has 0 amide bonds. The molecule has 1 aliphatic rings. The Bertz CT molecular complexity index is 458. The van der Waals surface area contributed by atoms with Gasteiger partial charge in [0.25, 0.3) is 0 Å². The fourth-order valence-corrected chi connectivity index (χ4v) is 2.96.